The number of rotatable bonds is 7. The first-order valence-electron chi connectivity index (χ1n) is 8.31. The van der Waals surface area contributed by atoms with Crippen LogP contribution in [0, 0.1) is 0 Å². The van der Waals surface area contributed by atoms with Crippen LogP contribution < -0.4 is 10.6 Å². The van der Waals surface area contributed by atoms with E-state index in [2.05, 4.69) is 22.8 Å². The predicted octanol–water partition coefficient (Wildman–Crippen LogP) is 2.19. The molecule has 2 aromatic carbocycles. The maximum Gasteiger partial charge on any atom is 0.239 e. The Morgan fingerprint density at radius 1 is 0.833 bits per heavy atom. The third-order valence-corrected chi connectivity index (χ3v) is 4.52. The Hall–Kier alpha value is -2.62. The molecular weight excluding hydrogens is 300 g/mol. The van der Waals surface area contributed by atoms with Crippen molar-refractivity contribution in [2.45, 2.75) is 24.7 Å². The van der Waals surface area contributed by atoms with Gasteiger partial charge in [0, 0.05) is 12.0 Å². The number of carbonyl (C=O) groups is 2. The number of benzene rings is 2. The van der Waals surface area contributed by atoms with Crippen LogP contribution >= 0.6 is 0 Å². The minimum absolute atomic E-state index is 0.0243. The molecule has 4 nitrogen and oxygen atoms in total. The first-order valence-corrected chi connectivity index (χ1v) is 8.31. The normalized spacial score (nSPS) is 14.7. The molecular formula is C20H22N2O2. The van der Waals surface area contributed by atoms with Crippen LogP contribution in [0.2, 0.25) is 0 Å². The summed E-state index contributed by atoms with van der Waals surface area (Å²) in [6.07, 6.45) is 2.48. The van der Waals surface area contributed by atoms with E-state index in [-0.39, 0.29) is 23.8 Å². The van der Waals surface area contributed by atoms with Gasteiger partial charge in [-0.25, -0.2) is 0 Å². The van der Waals surface area contributed by atoms with Gasteiger partial charge in [-0.2, -0.15) is 0 Å². The van der Waals surface area contributed by atoms with Gasteiger partial charge in [0.2, 0.25) is 11.8 Å². The fourth-order valence-electron chi connectivity index (χ4n) is 2.86. The van der Waals surface area contributed by atoms with E-state index < -0.39 is 0 Å². The van der Waals surface area contributed by atoms with E-state index in [1.165, 1.54) is 5.56 Å². The molecule has 0 heterocycles. The molecule has 0 aromatic heterocycles. The van der Waals surface area contributed by atoms with E-state index in [0.29, 0.717) is 13.0 Å². The summed E-state index contributed by atoms with van der Waals surface area (Å²) in [4.78, 5) is 23.8. The van der Waals surface area contributed by atoms with Gasteiger partial charge in [-0.3, -0.25) is 9.59 Å². The van der Waals surface area contributed by atoms with E-state index in [0.717, 1.165) is 18.4 Å². The Labute approximate surface area is 142 Å². The fourth-order valence-corrected chi connectivity index (χ4v) is 2.86. The van der Waals surface area contributed by atoms with Crippen molar-refractivity contribution in [3.05, 3.63) is 71.8 Å². The molecule has 1 saturated carbocycles. The average Bonchev–Trinajstić information content (AvgIpc) is 3.41. The van der Waals surface area contributed by atoms with Crippen LogP contribution in [0.1, 0.15) is 24.0 Å². The Morgan fingerprint density at radius 2 is 1.46 bits per heavy atom. The maximum atomic E-state index is 12.0. The molecule has 0 unspecified atom stereocenters. The Morgan fingerprint density at radius 3 is 2.08 bits per heavy atom. The highest BCUT2D eigenvalue weighted by Gasteiger charge is 2.44. The van der Waals surface area contributed by atoms with Gasteiger partial charge in [-0.1, -0.05) is 60.7 Å². The number of carbonyl (C=O) groups excluding carboxylic acids is 2. The average molecular weight is 322 g/mol. The molecule has 24 heavy (non-hydrogen) atoms. The van der Waals surface area contributed by atoms with Crippen LogP contribution in [0.3, 0.4) is 0 Å². The third kappa shape index (κ3) is 4.22. The second-order valence-corrected chi connectivity index (χ2v) is 6.36. The summed E-state index contributed by atoms with van der Waals surface area (Å²) in [6, 6.07) is 19.8. The molecule has 124 valence electrons. The maximum absolute atomic E-state index is 12.0. The first kappa shape index (κ1) is 16.2. The van der Waals surface area contributed by atoms with Crippen LogP contribution in [-0.2, 0) is 21.4 Å². The molecule has 2 aromatic rings. The summed E-state index contributed by atoms with van der Waals surface area (Å²) in [6.45, 7) is 0.654. The van der Waals surface area contributed by atoms with Crippen LogP contribution in [0.5, 0.6) is 0 Å². The van der Waals surface area contributed by atoms with E-state index in [4.69, 9.17) is 0 Å². The molecule has 0 spiro atoms. The summed E-state index contributed by atoms with van der Waals surface area (Å²) < 4.78 is 0. The van der Waals surface area contributed by atoms with Crippen molar-refractivity contribution in [3.63, 3.8) is 0 Å². The van der Waals surface area contributed by atoms with E-state index >= 15 is 0 Å². The van der Waals surface area contributed by atoms with E-state index in [1.807, 2.05) is 48.5 Å². The monoisotopic (exact) mass is 322 g/mol. The lowest BCUT2D eigenvalue weighted by Crippen LogP contribution is -2.40. The molecule has 0 aliphatic heterocycles. The van der Waals surface area contributed by atoms with Gasteiger partial charge in [-0.15, -0.1) is 0 Å². The first-order chi connectivity index (χ1) is 11.7. The van der Waals surface area contributed by atoms with Gasteiger partial charge in [0.05, 0.1) is 13.0 Å². The van der Waals surface area contributed by atoms with Gasteiger partial charge in [0.15, 0.2) is 0 Å². The molecule has 1 fully saturated rings. The second-order valence-electron chi connectivity index (χ2n) is 6.36. The van der Waals surface area contributed by atoms with E-state index in [1.54, 1.807) is 0 Å². The topological polar surface area (TPSA) is 58.2 Å². The quantitative estimate of drug-likeness (QED) is 0.821. The van der Waals surface area contributed by atoms with Crippen molar-refractivity contribution >= 4 is 11.8 Å². The zero-order valence-corrected chi connectivity index (χ0v) is 13.6. The van der Waals surface area contributed by atoms with Crippen molar-refractivity contribution in [2.75, 3.05) is 13.1 Å². The summed E-state index contributed by atoms with van der Waals surface area (Å²) in [5.74, 6) is -0.279. The standard InChI is InChI=1S/C20H22N2O2/c23-18(13-16-7-3-1-4-8-16)21-14-19(24)22-15-20(11-12-20)17-9-5-2-6-10-17/h1-10H,11-15H2,(H,21,23)(H,22,24). The smallest absolute Gasteiger partial charge is 0.239 e. The van der Waals surface area contributed by atoms with Gasteiger partial charge in [-0.05, 0) is 24.0 Å². The Balaban J connectivity index is 1.41. The number of hydrogen-bond donors (Lipinski definition) is 2. The van der Waals surface area contributed by atoms with Gasteiger partial charge in [0.1, 0.15) is 0 Å². The summed E-state index contributed by atoms with van der Waals surface area (Å²) in [5, 5.41) is 5.63. The van der Waals surface area contributed by atoms with Crippen LogP contribution in [0.25, 0.3) is 0 Å². The molecule has 0 saturated heterocycles. The molecule has 2 N–H and O–H groups in total. The van der Waals surface area contributed by atoms with Crippen LogP contribution in [-0.4, -0.2) is 24.9 Å². The molecule has 0 atom stereocenters. The summed E-state index contributed by atoms with van der Waals surface area (Å²) in [7, 11) is 0. The van der Waals surface area contributed by atoms with Gasteiger partial charge in [0.25, 0.3) is 0 Å². The molecule has 0 bridgehead atoms. The molecule has 4 heteroatoms. The summed E-state index contributed by atoms with van der Waals surface area (Å²) in [5.41, 5.74) is 2.31. The zero-order valence-electron chi connectivity index (χ0n) is 13.6. The lowest BCUT2D eigenvalue weighted by molar-refractivity contribution is -0.125. The number of amides is 2. The van der Waals surface area contributed by atoms with Crippen molar-refractivity contribution < 1.29 is 9.59 Å². The molecule has 2 amide bonds. The molecule has 3 rings (SSSR count). The minimum atomic E-state index is -0.140. The largest absolute Gasteiger partial charge is 0.354 e. The Kier molecular flexibility index (Phi) is 4.94. The van der Waals surface area contributed by atoms with E-state index in [9.17, 15) is 9.59 Å². The van der Waals surface area contributed by atoms with Gasteiger partial charge >= 0.3 is 0 Å². The SMILES string of the molecule is O=C(CNC(=O)Cc1ccccc1)NCC1(c2ccccc2)CC1. The minimum Gasteiger partial charge on any atom is -0.354 e. The second kappa shape index (κ2) is 7.30. The summed E-state index contributed by atoms with van der Waals surface area (Å²) >= 11 is 0. The lowest BCUT2D eigenvalue weighted by atomic mass is 9.96. The van der Waals surface area contributed by atoms with Crippen molar-refractivity contribution in [1.29, 1.82) is 0 Å². The van der Waals surface area contributed by atoms with Gasteiger partial charge < -0.3 is 10.6 Å². The highest BCUT2D eigenvalue weighted by Crippen LogP contribution is 2.47. The van der Waals surface area contributed by atoms with Crippen molar-refractivity contribution in [2.24, 2.45) is 0 Å². The number of nitrogens with one attached hydrogen (secondary N) is 2. The molecule has 1 aliphatic carbocycles. The van der Waals surface area contributed by atoms with Crippen LogP contribution in [0.15, 0.2) is 60.7 Å². The lowest BCUT2D eigenvalue weighted by Gasteiger charge is -2.16. The van der Waals surface area contributed by atoms with Crippen molar-refractivity contribution in [3.8, 4) is 0 Å². The highest BCUT2D eigenvalue weighted by atomic mass is 16.2. The van der Waals surface area contributed by atoms with Crippen LogP contribution in [0.4, 0.5) is 0 Å². The highest BCUT2D eigenvalue weighted by molar-refractivity contribution is 5.85. The predicted molar refractivity (Wildman–Crippen MR) is 93.5 cm³/mol. The Bertz CT molecular complexity index is 694. The third-order valence-electron chi connectivity index (χ3n) is 4.52. The molecule has 1 aliphatic rings. The number of hydrogen-bond acceptors (Lipinski definition) is 2. The van der Waals surface area contributed by atoms with Crippen molar-refractivity contribution in [1.82, 2.24) is 10.6 Å². The fraction of sp³-hybridized carbons (Fsp3) is 0.300. The molecule has 0 radical (unpaired) electrons. The zero-order chi connectivity index (χ0) is 16.8.